The van der Waals surface area contributed by atoms with E-state index < -0.39 is 0 Å². The summed E-state index contributed by atoms with van der Waals surface area (Å²) in [6, 6.07) is 0. The molecular formula is C12H20N4O. The number of aromatic nitrogens is 2. The average Bonchev–Trinajstić information content (AvgIpc) is 2.77. The van der Waals surface area contributed by atoms with Gasteiger partial charge in [0.2, 0.25) is 5.91 Å². The first-order valence-electron chi connectivity index (χ1n) is 6.13. The van der Waals surface area contributed by atoms with Crippen molar-refractivity contribution in [3.05, 3.63) is 18.2 Å². The van der Waals surface area contributed by atoms with Crippen LogP contribution in [0.2, 0.25) is 0 Å². The fraction of sp³-hybridized carbons (Fsp3) is 0.667. The lowest BCUT2D eigenvalue weighted by Crippen LogP contribution is -2.53. The summed E-state index contributed by atoms with van der Waals surface area (Å²) in [4.78, 5) is 19.2. The molecule has 0 aromatic carbocycles. The molecule has 0 spiro atoms. The quantitative estimate of drug-likeness (QED) is 0.693. The van der Waals surface area contributed by atoms with Gasteiger partial charge in [-0.3, -0.25) is 4.79 Å². The van der Waals surface area contributed by atoms with Gasteiger partial charge in [0, 0.05) is 31.9 Å². The summed E-state index contributed by atoms with van der Waals surface area (Å²) in [5.41, 5.74) is 5.42. The molecule has 1 amide bonds. The lowest BCUT2D eigenvalue weighted by Gasteiger charge is -2.44. The Balaban J connectivity index is 1.77. The van der Waals surface area contributed by atoms with Crippen molar-refractivity contribution in [3.63, 3.8) is 0 Å². The van der Waals surface area contributed by atoms with Crippen molar-refractivity contribution in [2.45, 2.75) is 26.2 Å². The van der Waals surface area contributed by atoms with Crippen LogP contribution in [0.3, 0.4) is 0 Å². The highest BCUT2D eigenvalue weighted by molar-refractivity contribution is 5.83. The molecule has 2 rings (SSSR count). The van der Waals surface area contributed by atoms with Gasteiger partial charge in [-0.1, -0.05) is 6.92 Å². The summed E-state index contributed by atoms with van der Waals surface area (Å²) >= 11 is 0. The van der Waals surface area contributed by atoms with Crippen LogP contribution in [0, 0.1) is 11.3 Å². The molecule has 17 heavy (non-hydrogen) atoms. The third-order valence-electron chi connectivity index (χ3n) is 3.55. The van der Waals surface area contributed by atoms with E-state index in [4.69, 9.17) is 5.73 Å². The van der Waals surface area contributed by atoms with E-state index in [2.05, 4.69) is 22.2 Å². The van der Waals surface area contributed by atoms with Gasteiger partial charge in [-0.25, -0.2) is 4.98 Å². The van der Waals surface area contributed by atoms with Crippen molar-refractivity contribution < 1.29 is 4.79 Å². The second-order valence-electron chi connectivity index (χ2n) is 5.04. The van der Waals surface area contributed by atoms with Crippen LogP contribution in [0.5, 0.6) is 0 Å². The SMILES string of the molecule is CC1CC(CN)(C(=O)NCCc2ncc[nH]2)C1. The van der Waals surface area contributed by atoms with Gasteiger partial charge < -0.3 is 16.0 Å². The average molecular weight is 236 g/mol. The zero-order chi connectivity index (χ0) is 12.3. The minimum atomic E-state index is -0.303. The number of carbonyl (C=O) groups excluding carboxylic acids is 1. The minimum Gasteiger partial charge on any atom is -0.355 e. The Morgan fingerprint density at radius 1 is 1.71 bits per heavy atom. The van der Waals surface area contributed by atoms with E-state index in [1.807, 2.05) is 0 Å². The molecule has 0 atom stereocenters. The summed E-state index contributed by atoms with van der Waals surface area (Å²) in [6.45, 7) is 3.22. The minimum absolute atomic E-state index is 0.102. The number of rotatable bonds is 5. The summed E-state index contributed by atoms with van der Waals surface area (Å²) in [5, 5.41) is 2.96. The predicted molar refractivity (Wildman–Crippen MR) is 65.2 cm³/mol. The molecule has 1 aliphatic carbocycles. The van der Waals surface area contributed by atoms with Crippen molar-refractivity contribution in [3.8, 4) is 0 Å². The summed E-state index contributed by atoms with van der Waals surface area (Å²) < 4.78 is 0. The van der Waals surface area contributed by atoms with Gasteiger partial charge in [-0.2, -0.15) is 0 Å². The maximum Gasteiger partial charge on any atom is 0.227 e. The lowest BCUT2D eigenvalue weighted by atomic mass is 9.62. The zero-order valence-electron chi connectivity index (χ0n) is 10.2. The zero-order valence-corrected chi connectivity index (χ0v) is 10.2. The van der Waals surface area contributed by atoms with E-state index in [0.29, 0.717) is 19.0 Å². The molecule has 5 heteroatoms. The first-order valence-corrected chi connectivity index (χ1v) is 6.13. The van der Waals surface area contributed by atoms with E-state index in [9.17, 15) is 4.79 Å². The number of aromatic amines is 1. The Morgan fingerprint density at radius 3 is 3.00 bits per heavy atom. The van der Waals surface area contributed by atoms with Gasteiger partial charge in [-0.15, -0.1) is 0 Å². The molecule has 0 saturated heterocycles. The van der Waals surface area contributed by atoms with Crippen molar-refractivity contribution in [2.24, 2.45) is 17.1 Å². The van der Waals surface area contributed by atoms with Crippen molar-refractivity contribution in [1.29, 1.82) is 0 Å². The Labute approximate surface area is 101 Å². The maximum atomic E-state index is 12.0. The number of amides is 1. The fourth-order valence-electron chi connectivity index (χ4n) is 2.64. The number of hydrogen-bond donors (Lipinski definition) is 3. The van der Waals surface area contributed by atoms with Crippen LogP contribution in [0.4, 0.5) is 0 Å². The fourth-order valence-corrected chi connectivity index (χ4v) is 2.64. The number of hydrogen-bond acceptors (Lipinski definition) is 3. The highest BCUT2D eigenvalue weighted by Crippen LogP contribution is 2.44. The van der Waals surface area contributed by atoms with Crippen LogP contribution in [-0.2, 0) is 11.2 Å². The number of nitrogens with zero attached hydrogens (tertiary/aromatic N) is 1. The number of carbonyl (C=O) groups is 1. The van der Waals surface area contributed by atoms with Crippen LogP contribution in [0.1, 0.15) is 25.6 Å². The van der Waals surface area contributed by atoms with Gasteiger partial charge in [0.1, 0.15) is 5.82 Å². The molecule has 0 bridgehead atoms. The second kappa shape index (κ2) is 4.87. The number of nitrogens with two attached hydrogens (primary N) is 1. The molecule has 0 aliphatic heterocycles. The van der Waals surface area contributed by atoms with E-state index >= 15 is 0 Å². The monoisotopic (exact) mass is 236 g/mol. The van der Waals surface area contributed by atoms with Gasteiger partial charge in [0.05, 0.1) is 5.41 Å². The summed E-state index contributed by atoms with van der Waals surface area (Å²) in [7, 11) is 0. The number of H-pyrrole nitrogens is 1. The van der Waals surface area contributed by atoms with Crippen LogP contribution in [0.25, 0.3) is 0 Å². The Morgan fingerprint density at radius 2 is 2.47 bits per heavy atom. The molecule has 1 heterocycles. The Hall–Kier alpha value is -1.36. The second-order valence-corrected chi connectivity index (χ2v) is 5.04. The van der Waals surface area contributed by atoms with Gasteiger partial charge in [-0.05, 0) is 18.8 Å². The van der Waals surface area contributed by atoms with Crippen LogP contribution >= 0.6 is 0 Å². The molecular weight excluding hydrogens is 216 g/mol. The van der Waals surface area contributed by atoms with Gasteiger partial charge >= 0.3 is 0 Å². The molecule has 4 N–H and O–H groups in total. The maximum absolute atomic E-state index is 12.0. The third-order valence-corrected chi connectivity index (χ3v) is 3.55. The largest absolute Gasteiger partial charge is 0.355 e. The van der Waals surface area contributed by atoms with Crippen molar-refractivity contribution >= 4 is 5.91 Å². The lowest BCUT2D eigenvalue weighted by molar-refractivity contribution is -0.138. The molecule has 1 saturated carbocycles. The molecule has 1 aromatic rings. The van der Waals surface area contributed by atoms with E-state index in [1.54, 1.807) is 12.4 Å². The molecule has 1 aliphatic rings. The van der Waals surface area contributed by atoms with Gasteiger partial charge in [0.15, 0.2) is 0 Å². The molecule has 0 unspecified atom stereocenters. The number of imidazole rings is 1. The smallest absolute Gasteiger partial charge is 0.227 e. The van der Waals surface area contributed by atoms with E-state index in [0.717, 1.165) is 25.1 Å². The van der Waals surface area contributed by atoms with Gasteiger partial charge in [0.25, 0.3) is 0 Å². The number of nitrogens with one attached hydrogen (secondary N) is 2. The topological polar surface area (TPSA) is 83.8 Å². The first-order chi connectivity index (χ1) is 8.16. The normalized spacial score (nSPS) is 27.5. The molecule has 1 aromatic heterocycles. The highest BCUT2D eigenvalue weighted by atomic mass is 16.2. The van der Waals surface area contributed by atoms with Crippen molar-refractivity contribution in [1.82, 2.24) is 15.3 Å². The molecule has 5 nitrogen and oxygen atoms in total. The van der Waals surface area contributed by atoms with Crippen LogP contribution in [-0.4, -0.2) is 29.0 Å². The first kappa shape index (κ1) is 12.1. The molecule has 1 fully saturated rings. The summed E-state index contributed by atoms with van der Waals surface area (Å²) in [6.07, 6.45) is 6.05. The Bertz CT molecular complexity index is 368. The standard InChI is InChI=1S/C12H20N4O/c1-9-6-12(7-9,8-13)11(17)16-3-2-10-14-4-5-15-10/h4-5,9H,2-3,6-8,13H2,1H3,(H,14,15)(H,16,17). The summed E-state index contributed by atoms with van der Waals surface area (Å²) in [5.74, 6) is 1.62. The highest BCUT2D eigenvalue weighted by Gasteiger charge is 2.46. The third kappa shape index (κ3) is 2.49. The molecule has 94 valence electrons. The van der Waals surface area contributed by atoms with E-state index in [1.165, 1.54) is 0 Å². The Kier molecular flexibility index (Phi) is 3.47. The van der Waals surface area contributed by atoms with Crippen LogP contribution in [0.15, 0.2) is 12.4 Å². The predicted octanol–water partition coefficient (Wildman–Crippen LogP) is 0.443. The van der Waals surface area contributed by atoms with Crippen LogP contribution < -0.4 is 11.1 Å². The van der Waals surface area contributed by atoms with E-state index in [-0.39, 0.29) is 11.3 Å². The van der Waals surface area contributed by atoms with Crippen molar-refractivity contribution in [2.75, 3.05) is 13.1 Å². The molecule has 0 radical (unpaired) electrons.